The Morgan fingerprint density at radius 2 is 1.75 bits per heavy atom. The lowest BCUT2D eigenvalue weighted by atomic mass is 10.1. The van der Waals surface area contributed by atoms with Crippen LogP contribution in [-0.4, -0.2) is 18.7 Å². The molecule has 0 spiro atoms. The van der Waals surface area contributed by atoms with Gasteiger partial charge < -0.3 is 9.73 Å². The molecule has 3 aromatic carbocycles. The van der Waals surface area contributed by atoms with Crippen LogP contribution < -0.4 is 10.7 Å². The number of halogens is 3. The molecule has 0 aliphatic carbocycles. The van der Waals surface area contributed by atoms with Gasteiger partial charge in [0.05, 0.1) is 18.3 Å². The Kier molecular flexibility index (Phi) is 5.93. The van der Waals surface area contributed by atoms with E-state index in [0.717, 1.165) is 28.6 Å². The van der Waals surface area contributed by atoms with Crippen molar-refractivity contribution in [3.05, 3.63) is 90.2 Å². The first-order chi connectivity index (χ1) is 15.4. The first-order valence-corrected chi connectivity index (χ1v) is 9.70. The number of hydrogen-bond acceptors (Lipinski definition) is 4. The summed E-state index contributed by atoms with van der Waals surface area (Å²) in [5.41, 5.74) is 2.72. The number of furan rings is 1. The van der Waals surface area contributed by atoms with Crippen molar-refractivity contribution in [2.75, 3.05) is 11.9 Å². The van der Waals surface area contributed by atoms with E-state index in [0.29, 0.717) is 11.3 Å². The molecule has 0 saturated heterocycles. The number of fused-ring (bicyclic) bond motifs is 1. The SMILES string of the molecule is O=C(CNc1ccc2ccccc2c1)N/N=C\c1ccc(-c2cccc(C(F)(F)F)c2)o1. The maximum absolute atomic E-state index is 12.9. The van der Waals surface area contributed by atoms with Crippen LogP contribution in [0.4, 0.5) is 18.9 Å². The molecule has 5 nitrogen and oxygen atoms in total. The molecule has 0 fully saturated rings. The van der Waals surface area contributed by atoms with Crippen LogP contribution in [0.3, 0.4) is 0 Å². The van der Waals surface area contributed by atoms with Crippen molar-refractivity contribution in [1.82, 2.24) is 5.43 Å². The fraction of sp³-hybridized carbons (Fsp3) is 0.0833. The Morgan fingerprint density at radius 3 is 2.56 bits per heavy atom. The summed E-state index contributed by atoms with van der Waals surface area (Å²) >= 11 is 0. The Labute approximate surface area is 181 Å². The van der Waals surface area contributed by atoms with Gasteiger partial charge in [-0.2, -0.15) is 18.3 Å². The van der Waals surface area contributed by atoms with Crippen LogP contribution >= 0.6 is 0 Å². The quantitative estimate of drug-likeness (QED) is 0.301. The average Bonchev–Trinajstić information content (AvgIpc) is 3.26. The number of carbonyl (C=O) groups is 1. The minimum atomic E-state index is -4.43. The Hall–Kier alpha value is -4.07. The Morgan fingerprint density at radius 1 is 0.938 bits per heavy atom. The number of hydrazone groups is 1. The highest BCUT2D eigenvalue weighted by molar-refractivity contribution is 5.87. The van der Waals surface area contributed by atoms with E-state index in [-0.39, 0.29) is 18.2 Å². The number of alkyl halides is 3. The van der Waals surface area contributed by atoms with E-state index in [1.54, 1.807) is 12.1 Å². The summed E-state index contributed by atoms with van der Waals surface area (Å²) in [5.74, 6) is 0.195. The molecule has 0 radical (unpaired) electrons. The summed E-state index contributed by atoms with van der Waals surface area (Å²) in [6, 6.07) is 21.6. The van der Waals surface area contributed by atoms with Gasteiger partial charge in [-0.3, -0.25) is 4.79 Å². The summed E-state index contributed by atoms with van der Waals surface area (Å²) in [6.45, 7) is 0.0172. The molecule has 4 rings (SSSR count). The van der Waals surface area contributed by atoms with Gasteiger partial charge in [0.15, 0.2) is 0 Å². The number of amides is 1. The van der Waals surface area contributed by atoms with Gasteiger partial charge in [-0.05, 0) is 47.2 Å². The largest absolute Gasteiger partial charge is 0.455 e. The summed E-state index contributed by atoms with van der Waals surface area (Å²) in [5, 5.41) is 9.02. The lowest BCUT2D eigenvalue weighted by molar-refractivity contribution is -0.137. The molecule has 162 valence electrons. The Balaban J connectivity index is 1.32. The van der Waals surface area contributed by atoms with Crippen LogP contribution in [0.25, 0.3) is 22.1 Å². The standard InChI is InChI=1S/C24H18F3N3O2/c25-24(26,27)19-7-3-6-18(12-19)22-11-10-21(32-22)14-29-30-23(31)15-28-20-9-8-16-4-1-2-5-17(16)13-20/h1-14,28H,15H2,(H,30,31)/b29-14-. The molecule has 0 bridgehead atoms. The number of nitrogens with one attached hydrogen (secondary N) is 2. The van der Waals surface area contributed by atoms with Crippen LogP contribution in [0.2, 0.25) is 0 Å². The molecule has 1 heterocycles. The van der Waals surface area contributed by atoms with Crippen LogP contribution in [0.15, 0.2) is 88.4 Å². The third-order valence-electron chi connectivity index (χ3n) is 4.68. The smallest absolute Gasteiger partial charge is 0.416 e. The van der Waals surface area contributed by atoms with Gasteiger partial charge >= 0.3 is 6.18 Å². The predicted octanol–water partition coefficient (Wildman–Crippen LogP) is 5.68. The van der Waals surface area contributed by atoms with E-state index >= 15 is 0 Å². The van der Waals surface area contributed by atoms with E-state index in [2.05, 4.69) is 15.8 Å². The van der Waals surface area contributed by atoms with E-state index in [1.165, 1.54) is 18.3 Å². The van der Waals surface area contributed by atoms with Crippen molar-refractivity contribution in [3.8, 4) is 11.3 Å². The van der Waals surface area contributed by atoms with Gasteiger partial charge in [-0.15, -0.1) is 0 Å². The first kappa shape index (κ1) is 21.2. The fourth-order valence-corrected chi connectivity index (χ4v) is 3.12. The minimum absolute atomic E-state index is 0.0172. The number of carbonyl (C=O) groups excluding carboxylic acids is 1. The first-order valence-electron chi connectivity index (χ1n) is 9.70. The molecular weight excluding hydrogens is 419 g/mol. The zero-order valence-electron chi connectivity index (χ0n) is 16.7. The fourth-order valence-electron chi connectivity index (χ4n) is 3.12. The second-order valence-corrected chi connectivity index (χ2v) is 6.99. The third kappa shape index (κ3) is 5.15. The molecule has 32 heavy (non-hydrogen) atoms. The molecule has 0 aliphatic heterocycles. The number of anilines is 1. The molecule has 0 aliphatic rings. The van der Waals surface area contributed by atoms with Crippen LogP contribution in [0, 0.1) is 0 Å². The summed E-state index contributed by atoms with van der Waals surface area (Å²) in [4.78, 5) is 12.0. The van der Waals surface area contributed by atoms with Crippen molar-refractivity contribution in [2.45, 2.75) is 6.18 Å². The molecule has 1 amide bonds. The van der Waals surface area contributed by atoms with Gasteiger partial charge in [0.25, 0.3) is 5.91 Å². The number of nitrogens with zero attached hydrogens (tertiary/aromatic N) is 1. The summed E-state index contributed by atoms with van der Waals surface area (Å²) < 4.78 is 44.1. The van der Waals surface area contributed by atoms with Crippen LogP contribution in [0.1, 0.15) is 11.3 Å². The second kappa shape index (κ2) is 8.97. The number of hydrogen-bond donors (Lipinski definition) is 2. The van der Waals surface area contributed by atoms with E-state index in [4.69, 9.17) is 4.42 Å². The highest BCUT2D eigenvalue weighted by Gasteiger charge is 2.30. The average molecular weight is 437 g/mol. The van der Waals surface area contributed by atoms with Crippen molar-refractivity contribution in [1.29, 1.82) is 0 Å². The maximum atomic E-state index is 12.9. The van der Waals surface area contributed by atoms with Gasteiger partial charge in [-0.1, -0.05) is 42.5 Å². The van der Waals surface area contributed by atoms with Crippen molar-refractivity contribution >= 4 is 28.6 Å². The van der Waals surface area contributed by atoms with Gasteiger partial charge in [0, 0.05) is 11.3 Å². The zero-order chi connectivity index (χ0) is 22.6. The van der Waals surface area contributed by atoms with E-state index in [1.807, 2.05) is 42.5 Å². The molecular formula is C24H18F3N3O2. The van der Waals surface area contributed by atoms with Crippen LogP contribution in [0.5, 0.6) is 0 Å². The predicted molar refractivity (Wildman–Crippen MR) is 117 cm³/mol. The maximum Gasteiger partial charge on any atom is 0.416 e. The highest BCUT2D eigenvalue weighted by atomic mass is 19.4. The van der Waals surface area contributed by atoms with Gasteiger partial charge in [-0.25, -0.2) is 5.43 Å². The van der Waals surface area contributed by atoms with Crippen LogP contribution in [-0.2, 0) is 11.0 Å². The monoisotopic (exact) mass is 437 g/mol. The molecule has 0 atom stereocenters. The second-order valence-electron chi connectivity index (χ2n) is 6.99. The minimum Gasteiger partial charge on any atom is -0.455 e. The number of rotatable bonds is 6. The third-order valence-corrected chi connectivity index (χ3v) is 4.68. The zero-order valence-corrected chi connectivity index (χ0v) is 16.7. The highest BCUT2D eigenvalue weighted by Crippen LogP contribution is 2.32. The van der Waals surface area contributed by atoms with Gasteiger partial charge in [0.2, 0.25) is 0 Å². The molecule has 0 unspecified atom stereocenters. The lowest BCUT2D eigenvalue weighted by Gasteiger charge is -2.07. The molecule has 2 N–H and O–H groups in total. The van der Waals surface area contributed by atoms with E-state index < -0.39 is 11.7 Å². The van der Waals surface area contributed by atoms with Crippen molar-refractivity contribution in [3.63, 3.8) is 0 Å². The molecule has 1 aromatic heterocycles. The molecule has 4 aromatic rings. The normalized spacial score (nSPS) is 11.7. The van der Waals surface area contributed by atoms with E-state index in [9.17, 15) is 18.0 Å². The molecule has 8 heteroatoms. The summed E-state index contributed by atoms with van der Waals surface area (Å²) in [6.07, 6.45) is -3.15. The summed E-state index contributed by atoms with van der Waals surface area (Å²) in [7, 11) is 0. The lowest BCUT2D eigenvalue weighted by Crippen LogP contribution is -2.25. The molecule has 0 saturated carbocycles. The topological polar surface area (TPSA) is 66.6 Å². The van der Waals surface area contributed by atoms with Crippen molar-refractivity contribution in [2.24, 2.45) is 5.10 Å². The van der Waals surface area contributed by atoms with Gasteiger partial charge in [0.1, 0.15) is 11.5 Å². The Bertz CT molecular complexity index is 1280. The number of benzene rings is 3. The van der Waals surface area contributed by atoms with Crippen molar-refractivity contribution < 1.29 is 22.4 Å².